The number of ketones is 1. The van der Waals surface area contributed by atoms with Gasteiger partial charge >= 0.3 is 0 Å². The van der Waals surface area contributed by atoms with Crippen LogP contribution < -0.4 is 0 Å². The molecule has 0 aliphatic carbocycles. The summed E-state index contributed by atoms with van der Waals surface area (Å²) in [6.07, 6.45) is 4.22. The SMILES string of the molecule is CC1(C)CC(C(=O)c2ccccn2)(N2CCN(CCc3ccccc3)CC2)CCO1. The predicted octanol–water partition coefficient (Wildman–Crippen LogP) is 3.45. The summed E-state index contributed by atoms with van der Waals surface area (Å²) < 4.78 is 6.00. The fourth-order valence-corrected chi connectivity index (χ4v) is 5.01. The van der Waals surface area contributed by atoms with Gasteiger partial charge in [0, 0.05) is 51.9 Å². The predicted molar refractivity (Wildman–Crippen MR) is 119 cm³/mol. The molecule has 4 rings (SSSR count). The van der Waals surface area contributed by atoms with Crippen molar-refractivity contribution in [2.45, 2.75) is 44.2 Å². The van der Waals surface area contributed by atoms with Crippen LogP contribution in [0.5, 0.6) is 0 Å². The monoisotopic (exact) mass is 407 g/mol. The van der Waals surface area contributed by atoms with Gasteiger partial charge < -0.3 is 9.64 Å². The van der Waals surface area contributed by atoms with E-state index in [1.54, 1.807) is 6.20 Å². The van der Waals surface area contributed by atoms with Crippen LogP contribution in [0.25, 0.3) is 0 Å². The van der Waals surface area contributed by atoms with Crippen molar-refractivity contribution in [1.82, 2.24) is 14.8 Å². The molecule has 0 radical (unpaired) electrons. The van der Waals surface area contributed by atoms with Crippen molar-refractivity contribution in [3.8, 4) is 0 Å². The summed E-state index contributed by atoms with van der Waals surface area (Å²) in [6.45, 7) is 9.67. The molecule has 0 spiro atoms. The molecule has 0 amide bonds. The van der Waals surface area contributed by atoms with Crippen LogP contribution in [-0.4, -0.2) is 71.0 Å². The van der Waals surface area contributed by atoms with Gasteiger partial charge in [-0.25, -0.2) is 0 Å². The van der Waals surface area contributed by atoms with Crippen molar-refractivity contribution in [2.75, 3.05) is 39.3 Å². The molecule has 0 bridgehead atoms. The van der Waals surface area contributed by atoms with Gasteiger partial charge in [-0.05, 0) is 44.4 Å². The first-order valence-electron chi connectivity index (χ1n) is 11.1. The number of benzene rings is 1. The van der Waals surface area contributed by atoms with Crippen molar-refractivity contribution in [3.05, 3.63) is 66.0 Å². The number of hydrogen-bond donors (Lipinski definition) is 0. The Balaban J connectivity index is 1.46. The second kappa shape index (κ2) is 8.96. The van der Waals surface area contributed by atoms with E-state index in [1.807, 2.05) is 18.2 Å². The van der Waals surface area contributed by atoms with Crippen LogP contribution in [0.2, 0.25) is 0 Å². The molecule has 160 valence electrons. The first-order chi connectivity index (χ1) is 14.5. The number of aromatic nitrogens is 1. The van der Waals surface area contributed by atoms with Gasteiger partial charge in [0.2, 0.25) is 5.78 Å². The Labute approximate surface area is 180 Å². The molecule has 2 aromatic rings. The van der Waals surface area contributed by atoms with Gasteiger partial charge in [-0.2, -0.15) is 0 Å². The first-order valence-corrected chi connectivity index (χ1v) is 11.1. The number of pyridine rings is 1. The first kappa shape index (κ1) is 21.2. The Morgan fingerprint density at radius 2 is 1.77 bits per heavy atom. The Morgan fingerprint density at radius 3 is 2.43 bits per heavy atom. The zero-order valence-electron chi connectivity index (χ0n) is 18.2. The molecule has 1 aromatic carbocycles. The van der Waals surface area contributed by atoms with Crippen LogP contribution in [0.15, 0.2) is 54.7 Å². The molecule has 0 N–H and O–H groups in total. The minimum atomic E-state index is -0.526. The van der Waals surface area contributed by atoms with E-state index in [0.717, 1.165) is 45.6 Å². The van der Waals surface area contributed by atoms with Crippen molar-refractivity contribution in [3.63, 3.8) is 0 Å². The third-order valence-corrected chi connectivity index (χ3v) is 6.58. The average Bonchev–Trinajstić information content (AvgIpc) is 2.78. The van der Waals surface area contributed by atoms with Crippen LogP contribution in [-0.2, 0) is 11.2 Å². The number of carbonyl (C=O) groups excluding carboxylic acids is 1. The molecular weight excluding hydrogens is 374 g/mol. The fraction of sp³-hybridized carbons (Fsp3) is 0.520. The van der Waals surface area contributed by atoms with Gasteiger partial charge in [-0.15, -0.1) is 0 Å². The normalized spacial score (nSPS) is 25.1. The van der Waals surface area contributed by atoms with Crippen LogP contribution >= 0.6 is 0 Å². The number of rotatable bonds is 6. The number of Topliss-reactive ketones (excluding diaryl/α,β-unsaturated/α-hetero) is 1. The Hall–Kier alpha value is -2.08. The zero-order chi connectivity index (χ0) is 21.0. The summed E-state index contributed by atoms with van der Waals surface area (Å²) in [5, 5.41) is 0. The molecular formula is C25H33N3O2. The molecule has 1 aromatic heterocycles. The van der Waals surface area contributed by atoms with Gasteiger partial charge in [0.05, 0.1) is 11.1 Å². The number of hydrogen-bond acceptors (Lipinski definition) is 5. The van der Waals surface area contributed by atoms with E-state index in [0.29, 0.717) is 18.7 Å². The van der Waals surface area contributed by atoms with Gasteiger partial charge in [-0.1, -0.05) is 36.4 Å². The van der Waals surface area contributed by atoms with Crippen molar-refractivity contribution >= 4 is 5.78 Å². The lowest BCUT2D eigenvalue weighted by Crippen LogP contribution is -2.65. The molecule has 3 heterocycles. The van der Waals surface area contributed by atoms with Crippen molar-refractivity contribution in [2.24, 2.45) is 0 Å². The fourth-order valence-electron chi connectivity index (χ4n) is 5.01. The van der Waals surface area contributed by atoms with Crippen LogP contribution in [0, 0.1) is 0 Å². The molecule has 5 nitrogen and oxygen atoms in total. The molecule has 1 unspecified atom stereocenters. The van der Waals surface area contributed by atoms with Gasteiger partial charge in [0.15, 0.2) is 0 Å². The zero-order valence-corrected chi connectivity index (χ0v) is 18.2. The molecule has 2 aliphatic rings. The van der Waals surface area contributed by atoms with E-state index in [1.165, 1.54) is 5.56 Å². The van der Waals surface area contributed by atoms with Crippen molar-refractivity contribution in [1.29, 1.82) is 0 Å². The number of ether oxygens (including phenoxy) is 1. The highest BCUT2D eigenvalue weighted by molar-refractivity contribution is 6.02. The minimum absolute atomic E-state index is 0.150. The molecule has 2 aliphatic heterocycles. The molecule has 30 heavy (non-hydrogen) atoms. The van der Waals surface area contributed by atoms with E-state index in [-0.39, 0.29) is 11.4 Å². The van der Waals surface area contributed by atoms with Gasteiger partial charge in [-0.3, -0.25) is 14.7 Å². The molecule has 2 saturated heterocycles. The maximum Gasteiger partial charge on any atom is 0.201 e. The third kappa shape index (κ3) is 4.64. The lowest BCUT2D eigenvalue weighted by molar-refractivity contribution is -0.113. The lowest BCUT2D eigenvalue weighted by atomic mass is 9.75. The summed E-state index contributed by atoms with van der Waals surface area (Å²) in [4.78, 5) is 23.1. The summed E-state index contributed by atoms with van der Waals surface area (Å²) in [6, 6.07) is 16.3. The number of nitrogens with zero attached hydrogens (tertiary/aromatic N) is 3. The highest BCUT2D eigenvalue weighted by Crippen LogP contribution is 2.39. The standard InChI is InChI=1S/C25H33N3O2/c1-24(2)20-25(12-19-30-24,23(29)22-10-6-7-13-26-22)28-17-15-27(16-18-28)14-11-21-8-4-3-5-9-21/h3-10,13H,11-12,14-20H2,1-2H3. The van der Waals surface area contributed by atoms with E-state index in [9.17, 15) is 4.79 Å². The summed E-state index contributed by atoms with van der Waals surface area (Å²) in [5.41, 5.74) is 1.11. The lowest BCUT2D eigenvalue weighted by Gasteiger charge is -2.52. The number of carbonyl (C=O) groups is 1. The van der Waals surface area contributed by atoms with Crippen LogP contribution in [0.1, 0.15) is 42.7 Å². The highest BCUT2D eigenvalue weighted by atomic mass is 16.5. The second-order valence-corrected chi connectivity index (χ2v) is 9.17. The van der Waals surface area contributed by atoms with E-state index in [4.69, 9.17) is 4.74 Å². The molecule has 2 fully saturated rings. The minimum Gasteiger partial charge on any atom is -0.375 e. The van der Waals surface area contributed by atoms with E-state index in [2.05, 4.69) is 59.0 Å². The van der Waals surface area contributed by atoms with Crippen LogP contribution in [0.4, 0.5) is 0 Å². The molecule has 5 heteroatoms. The van der Waals surface area contributed by atoms with Crippen molar-refractivity contribution < 1.29 is 9.53 Å². The van der Waals surface area contributed by atoms with Gasteiger partial charge in [0.1, 0.15) is 5.69 Å². The van der Waals surface area contributed by atoms with Gasteiger partial charge in [0.25, 0.3) is 0 Å². The maximum absolute atomic E-state index is 13.7. The molecule has 1 atom stereocenters. The summed E-state index contributed by atoms with van der Waals surface area (Å²) >= 11 is 0. The van der Waals surface area contributed by atoms with E-state index >= 15 is 0 Å². The summed E-state index contributed by atoms with van der Waals surface area (Å²) in [7, 11) is 0. The largest absolute Gasteiger partial charge is 0.375 e. The third-order valence-electron chi connectivity index (χ3n) is 6.58. The Bertz CT molecular complexity index is 832. The Kier molecular flexibility index (Phi) is 6.32. The number of piperazine rings is 1. The summed E-state index contributed by atoms with van der Waals surface area (Å²) in [5.74, 6) is 0.150. The molecule has 0 saturated carbocycles. The highest BCUT2D eigenvalue weighted by Gasteiger charge is 2.51. The van der Waals surface area contributed by atoms with Crippen LogP contribution in [0.3, 0.4) is 0 Å². The van der Waals surface area contributed by atoms with E-state index < -0.39 is 5.54 Å². The quantitative estimate of drug-likeness (QED) is 0.687. The topological polar surface area (TPSA) is 45.7 Å². The second-order valence-electron chi connectivity index (χ2n) is 9.17. The smallest absolute Gasteiger partial charge is 0.201 e. The average molecular weight is 408 g/mol. The Morgan fingerprint density at radius 1 is 1.03 bits per heavy atom. The maximum atomic E-state index is 13.7.